The topological polar surface area (TPSA) is 113 Å². The zero-order valence-corrected chi connectivity index (χ0v) is 22.6. The Kier molecular flexibility index (Phi) is 7.88. The number of aliphatic hydroxyl groups excluding tert-OH is 1. The van der Waals surface area contributed by atoms with Gasteiger partial charge in [-0.3, -0.25) is 9.59 Å². The molecule has 1 saturated carbocycles. The Morgan fingerprint density at radius 2 is 1.84 bits per heavy atom. The van der Waals surface area contributed by atoms with E-state index >= 15 is 0 Å². The number of β-amino-alcohol motifs (C(OH)–C–C–N with tert-alkyl or cyclic N) is 1. The molecule has 1 aromatic rings. The number of hydrogen-bond donors (Lipinski definition) is 2. The normalized spacial score (nSPS) is 27.4. The summed E-state index contributed by atoms with van der Waals surface area (Å²) >= 11 is 0. The van der Waals surface area contributed by atoms with Gasteiger partial charge >= 0.3 is 0 Å². The second-order valence-corrected chi connectivity index (χ2v) is 12.6. The van der Waals surface area contributed by atoms with Gasteiger partial charge in [0.15, 0.2) is 0 Å². The van der Waals surface area contributed by atoms with Crippen LogP contribution in [0.25, 0.3) is 0 Å². The molecule has 2 unspecified atom stereocenters. The van der Waals surface area contributed by atoms with E-state index in [1.165, 1.54) is 0 Å². The molecule has 206 valence electrons. The fraction of sp³-hybridized carbons (Fsp3) is 0.852. The van der Waals surface area contributed by atoms with E-state index < -0.39 is 23.6 Å². The van der Waals surface area contributed by atoms with E-state index in [4.69, 9.17) is 4.74 Å². The third kappa shape index (κ3) is 6.17. The number of rotatable bonds is 7. The number of likely N-dealkylation sites (tertiary alicyclic amines) is 2. The molecular formula is C27H44N6O4. The Morgan fingerprint density at radius 1 is 1.14 bits per heavy atom. The largest absolute Gasteiger partial charge is 0.391 e. The Balaban J connectivity index is 1.18. The van der Waals surface area contributed by atoms with Crippen molar-refractivity contribution in [1.82, 2.24) is 30.1 Å². The molecule has 3 aliphatic heterocycles. The van der Waals surface area contributed by atoms with Crippen molar-refractivity contribution in [3.05, 3.63) is 11.9 Å². The molecule has 0 radical (unpaired) electrons. The summed E-state index contributed by atoms with van der Waals surface area (Å²) < 4.78 is 7.17. The first-order valence-corrected chi connectivity index (χ1v) is 14.2. The van der Waals surface area contributed by atoms with Crippen LogP contribution in [0.2, 0.25) is 0 Å². The summed E-state index contributed by atoms with van der Waals surface area (Å²) in [5, 5.41) is 22.2. The molecule has 0 spiro atoms. The number of nitrogens with one attached hydrogen (secondary N) is 1. The lowest BCUT2D eigenvalue weighted by atomic mass is 9.85. The minimum absolute atomic E-state index is 0.164. The fourth-order valence-electron chi connectivity index (χ4n) is 6.26. The van der Waals surface area contributed by atoms with Gasteiger partial charge in [-0.25, -0.2) is 4.68 Å². The van der Waals surface area contributed by atoms with Crippen LogP contribution in [0.4, 0.5) is 0 Å². The lowest BCUT2D eigenvalue weighted by molar-refractivity contribution is -0.144. The number of nitrogens with zero attached hydrogens (tertiary/aromatic N) is 5. The molecule has 37 heavy (non-hydrogen) atoms. The minimum atomic E-state index is -0.708. The van der Waals surface area contributed by atoms with Gasteiger partial charge in [0.25, 0.3) is 0 Å². The number of aromatic nitrogens is 3. The van der Waals surface area contributed by atoms with Crippen LogP contribution in [0.3, 0.4) is 0 Å². The first kappa shape index (κ1) is 26.6. The predicted molar refractivity (Wildman–Crippen MR) is 138 cm³/mol. The maximum absolute atomic E-state index is 13.9. The average Bonchev–Trinajstić information content (AvgIpc) is 3.49. The summed E-state index contributed by atoms with van der Waals surface area (Å²) in [7, 11) is 0. The molecule has 0 aromatic carbocycles. The second kappa shape index (κ2) is 11.0. The third-order valence-electron chi connectivity index (χ3n) is 8.63. The van der Waals surface area contributed by atoms with Crippen LogP contribution in [-0.4, -0.2) is 99.3 Å². The number of carbonyl (C=O) groups excluding carboxylic acids is 2. The smallest absolute Gasteiger partial charge is 0.248 e. The van der Waals surface area contributed by atoms with Crippen LogP contribution in [-0.2, 0) is 14.3 Å². The molecule has 1 aliphatic carbocycles. The standard InChI is InChI=1S/C27H44N6O4/c1-27(2,3)24(33-17-22(29-30-33)19-4-5-19)26(36)32-16-21(34)14-23(32)25(35)28-15-18-6-10-31(11-7-18)20-8-12-37-13-9-20/h17-21,23-24,34H,4-16H2,1-3H3,(H,28,35)/t21?,23?,24-/m1/s1. The van der Waals surface area contributed by atoms with E-state index in [0.717, 1.165) is 70.5 Å². The van der Waals surface area contributed by atoms with Crippen molar-refractivity contribution in [1.29, 1.82) is 0 Å². The van der Waals surface area contributed by atoms with Gasteiger partial charge in [0.05, 0.1) is 11.8 Å². The molecular weight excluding hydrogens is 472 g/mol. The summed E-state index contributed by atoms with van der Waals surface area (Å²) in [6.45, 7) is 10.6. The molecule has 1 aromatic heterocycles. The number of ether oxygens (including phenoxy) is 1. The van der Waals surface area contributed by atoms with E-state index in [2.05, 4.69) is 20.5 Å². The quantitative estimate of drug-likeness (QED) is 0.567. The first-order chi connectivity index (χ1) is 17.7. The zero-order valence-electron chi connectivity index (χ0n) is 22.6. The van der Waals surface area contributed by atoms with Crippen molar-refractivity contribution in [3.63, 3.8) is 0 Å². The van der Waals surface area contributed by atoms with E-state index in [1.807, 2.05) is 27.0 Å². The minimum Gasteiger partial charge on any atom is -0.391 e. The highest BCUT2D eigenvalue weighted by molar-refractivity contribution is 5.90. The molecule has 2 N–H and O–H groups in total. The summed E-state index contributed by atoms with van der Waals surface area (Å²) in [6.07, 6.45) is 8.03. The summed E-state index contributed by atoms with van der Waals surface area (Å²) in [5.41, 5.74) is 0.499. The Bertz CT molecular complexity index is 943. The highest BCUT2D eigenvalue weighted by atomic mass is 16.5. The fourth-order valence-corrected chi connectivity index (χ4v) is 6.26. The van der Waals surface area contributed by atoms with E-state index in [1.54, 1.807) is 9.58 Å². The first-order valence-electron chi connectivity index (χ1n) is 14.2. The van der Waals surface area contributed by atoms with Crippen molar-refractivity contribution in [2.24, 2.45) is 11.3 Å². The summed E-state index contributed by atoms with van der Waals surface area (Å²) in [6, 6.07) is -0.631. The lowest BCUT2D eigenvalue weighted by Crippen LogP contribution is -2.51. The Morgan fingerprint density at radius 3 is 2.49 bits per heavy atom. The highest BCUT2D eigenvalue weighted by Gasteiger charge is 2.45. The monoisotopic (exact) mass is 516 g/mol. The molecule has 4 fully saturated rings. The molecule has 4 aliphatic rings. The zero-order chi connectivity index (χ0) is 26.2. The maximum atomic E-state index is 13.9. The molecule has 3 saturated heterocycles. The molecule has 10 nitrogen and oxygen atoms in total. The summed E-state index contributed by atoms with van der Waals surface area (Å²) in [5.74, 6) is 0.539. The van der Waals surface area contributed by atoms with E-state index in [0.29, 0.717) is 24.4 Å². The average molecular weight is 517 g/mol. The van der Waals surface area contributed by atoms with Gasteiger partial charge in [0.1, 0.15) is 12.1 Å². The second-order valence-electron chi connectivity index (χ2n) is 12.6. The predicted octanol–water partition coefficient (Wildman–Crippen LogP) is 1.71. The van der Waals surface area contributed by atoms with E-state index in [-0.39, 0.29) is 24.8 Å². The SMILES string of the molecule is CC(C)(C)[C@@H](C(=O)N1CC(O)CC1C(=O)NCC1CCN(C2CCOCC2)CC1)n1cc(C2CC2)nn1. The molecule has 2 amide bonds. The number of hydrogen-bond acceptors (Lipinski definition) is 7. The van der Waals surface area contributed by atoms with Crippen LogP contribution in [0.5, 0.6) is 0 Å². The number of amides is 2. The third-order valence-corrected chi connectivity index (χ3v) is 8.63. The van der Waals surface area contributed by atoms with E-state index in [9.17, 15) is 14.7 Å². The van der Waals surface area contributed by atoms with Crippen molar-refractivity contribution < 1.29 is 19.4 Å². The Hall–Kier alpha value is -2.04. The van der Waals surface area contributed by atoms with Crippen LogP contribution in [0, 0.1) is 11.3 Å². The highest BCUT2D eigenvalue weighted by Crippen LogP contribution is 2.40. The van der Waals surface area contributed by atoms with Crippen LogP contribution in [0.15, 0.2) is 6.20 Å². The van der Waals surface area contributed by atoms with Crippen molar-refractivity contribution in [3.8, 4) is 0 Å². The number of piperidine rings is 1. The van der Waals surface area contributed by atoms with Crippen LogP contribution < -0.4 is 5.32 Å². The van der Waals surface area contributed by atoms with Gasteiger partial charge < -0.3 is 25.0 Å². The van der Waals surface area contributed by atoms with Gasteiger partial charge in [-0.1, -0.05) is 26.0 Å². The molecule has 0 bridgehead atoms. The van der Waals surface area contributed by atoms with Crippen molar-refractivity contribution in [2.75, 3.05) is 39.4 Å². The molecule has 10 heteroatoms. The van der Waals surface area contributed by atoms with Gasteiger partial charge in [-0.05, 0) is 62.9 Å². The molecule has 4 heterocycles. The maximum Gasteiger partial charge on any atom is 0.248 e. The van der Waals surface area contributed by atoms with Crippen LogP contribution >= 0.6 is 0 Å². The van der Waals surface area contributed by atoms with Crippen molar-refractivity contribution in [2.45, 2.75) is 95.9 Å². The van der Waals surface area contributed by atoms with Gasteiger partial charge in [0.2, 0.25) is 11.8 Å². The number of aliphatic hydroxyl groups is 1. The molecule has 5 rings (SSSR count). The van der Waals surface area contributed by atoms with Crippen LogP contribution in [0.1, 0.15) is 83.4 Å². The van der Waals surface area contributed by atoms with Gasteiger partial charge in [-0.15, -0.1) is 5.10 Å². The Labute approximate surface area is 220 Å². The van der Waals surface area contributed by atoms with Gasteiger partial charge in [-0.2, -0.15) is 0 Å². The van der Waals surface area contributed by atoms with Gasteiger partial charge in [0, 0.05) is 50.9 Å². The lowest BCUT2D eigenvalue weighted by Gasteiger charge is -2.39. The number of carbonyl (C=O) groups is 2. The van der Waals surface area contributed by atoms with Crippen molar-refractivity contribution >= 4 is 11.8 Å². The summed E-state index contributed by atoms with van der Waals surface area (Å²) in [4.78, 5) is 31.3. The molecule has 3 atom stereocenters.